The molecule has 6 heteroatoms. The van der Waals surface area contributed by atoms with E-state index in [0.29, 0.717) is 12.0 Å². The molecule has 2 bridgehead atoms. The fourth-order valence-corrected chi connectivity index (χ4v) is 9.77. The number of carbonyl (C=O) groups is 1. The number of carbonyl (C=O) groups excluding carboxylic acids is 1. The third kappa shape index (κ3) is 2.39. The standard InChI is InChI=1S/C25H36N2O3S/c1-7-27(8-2)22-26-19-15(31-22)12-24(6)16-10-9-14-13(3)20(29)25(16,21(14)30)18(28)11-17(24)23(19,4)5/h14,16-18,21,28,30H,3,7-12H2,1-2,4-6H3/t14-,16-,17+,18+,21+,24-,25-/m0/s1. The van der Waals surface area contributed by atoms with Crippen LogP contribution in [0.25, 0.3) is 0 Å². The lowest BCUT2D eigenvalue weighted by atomic mass is 9.40. The molecule has 3 saturated carbocycles. The topological polar surface area (TPSA) is 73.7 Å². The molecule has 5 rings (SSSR count). The molecular weight excluding hydrogens is 408 g/mol. The van der Waals surface area contributed by atoms with Crippen LogP contribution >= 0.6 is 11.3 Å². The smallest absolute Gasteiger partial charge is 0.185 e. The van der Waals surface area contributed by atoms with Crippen LogP contribution in [0.1, 0.15) is 64.5 Å². The van der Waals surface area contributed by atoms with Gasteiger partial charge in [0.15, 0.2) is 10.9 Å². The number of aliphatic hydroxyl groups is 2. The average Bonchev–Trinajstić information content (AvgIpc) is 3.17. The van der Waals surface area contributed by atoms with Crippen LogP contribution in [0.2, 0.25) is 0 Å². The van der Waals surface area contributed by atoms with E-state index < -0.39 is 17.6 Å². The highest BCUT2D eigenvalue weighted by Crippen LogP contribution is 2.70. The van der Waals surface area contributed by atoms with Gasteiger partial charge in [0, 0.05) is 29.3 Å². The number of ketones is 1. The molecule has 7 atom stereocenters. The third-order valence-electron chi connectivity index (χ3n) is 9.69. The predicted molar refractivity (Wildman–Crippen MR) is 123 cm³/mol. The number of thiazole rings is 1. The first kappa shape index (κ1) is 21.6. The van der Waals surface area contributed by atoms with Gasteiger partial charge in [-0.15, -0.1) is 11.3 Å². The van der Waals surface area contributed by atoms with E-state index in [-0.39, 0.29) is 34.4 Å². The van der Waals surface area contributed by atoms with Gasteiger partial charge in [0.05, 0.1) is 23.3 Å². The summed E-state index contributed by atoms with van der Waals surface area (Å²) >= 11 is 1.80. The molecule has 1 heterocycles. The summed E-state index contributed by atoms with van der Waals surface area (Å²) in [6.45, 7) is 17.1. The van der Waals surface area contributed by atoms with Crippen molar-refractivity contribution in [2.75, 3.05) is 18.0 Å². The molecule has 1 aromatic rings. The van der Waals surface area contributed by atoms with E-state index in [2.05, 4.69) is 46.1 Å². The van der Waals surface area contributed by atoms with Crippen LogP contribution < -0.4 is 4.90 Å². The Morgan fingerprint density at radius 1 is 1.16 bits per heavy atom. The average molecular weight is 445 g/mol. The van der Waals surface area contributed by atoms with Crippen molar-refractivity contribution in [3.8, 4) is 0 Å². The molecule has 0 unspecified atom stereocenters. The lowest BCUT2D eigenvalue weighted by molar-refractivity contribution is -0.212. The van der Waals surface area contributed by atoms with Gasteiger partial charge in [-0.05, 0) is 62.4 Å². The van der Waals surface area contributed by atoms with E-state index in [9.17, 15) is 15.0 Å². The van der Waals surface area contributed by atoms with Crippen LogP contribution in [0.5, 0.6) is 0 Å². The van der Waals surface area contributed by atoms with E-state index >= 15 is 0 Å². The first-order chi connectivity index (χ1) is 14.5. The van der Waals surface area contributed by atoms with Crippen molar-refractivity contribution in [1.82, 2.24) is 4.98 Å². The molecular formula is C25H36N2O3S. The minimum absolute atomic E-state index is 0.0434. The third-order valence-corrected chi connectivity index (χ3v) is 10.8. The lowest BCUT2D eigenvalue weighted by Crippen LogP contribution is -2.68. The number of aliphatic hydroxyl groups excluding tert-OH is 2. The van der Waals surface area contributed by atoms with Crippen molar-refractivity contribution < 1.29 is 15.0 Å². The molecule has 1 spiro atoms. The molecule has 3 fully saturated rings. The van der Waals surface area contributed by atoms with Crippen LogP contribution in [0.15, 0.2) is 12.2 Å². The van der Waals surface area contributed by atoms with E-state index in [4.69, 9.17) is 4.98 Å². The summed E-state index contributed by atoms with van der Waals surface area (Å²) in [5.74, 6) is -0.104. The SMILES string of the molecule is C=C1C(=O)[C@@]23[C@H](O)C[C@@H]4C(C)(C)c5nc(N(CC)CC)sc5C[C@@]4(C)[C@@H]2CC[C@@H]1[C@H]3O. The molecule has 4 aliphatic carbocycles. The van der Waals surface area contributed by atoms with E-state index in [1.54, 1.807) is 11.3 Å². The van der Waals surface area contributed by atoms with Gasteiger partial charge in [0.25, 0.3) is 0 Å². The molecule has 0 amide bonds. The molecule has 2 N–H and O–H groups in total. The Labute approximate surface area is 189 Å². The number of Topliss-reactive ketones (excluding diaryl/α,β-unsaturated/α-hetero) is 1. The summed E-state index contributed by atoms with van der Waals surface area (Å²) in [4.78, 5) is 22.3. The predicted octanol–water partition coefficient (Wildman–Crippen LogP) is 3.72. The minimum atomic E-state index is -1.08. The minimum Gasteiger partial charge on any atom is -0.392 e. The highest BCUT2D eigenvalue weighted by molar-refractivity contribution is 7.15. The maximum Gasteiger partial charge on any atom is 0.185 e. The van der Waals surface area contributed by atoms with Gasteiger partial charge < -0.3 is 15.1 Å². The Bertz CT molecular complexity index is 951. The highest BCUT2D eigenvalue weighted by Gasteiger charge is 2.74. The van der Waals surface area contributed by atoms with Gasteiger partial charge in [-0.2, -0.15) is 0 Å². The Kier molecular flexibility index (Phi) is 4.63. The fraction of sp³-hybridized carbons (Fsp3) is 0.760. The van der Waals surface area contributed by atoms with Crippen molar-refractivity contribution in [3.05, 3.63) is 22.7 Å². The van der Waals surface area contributed by atoms with E-state index in [1.165, 1.54) is 10.6 Å². The summed E-state index contributed by atoms with van der Waals surface area (Å²) in [7, 11) is 0. The Morgan fingerprint density at radius 3 is 2.48 bits per heavy atom. The van der Waals surface area contributed by atoms with Crippen molar-refractivity contribution in [1.29, 1.82) is 0 Å². The van der Waals surface area contributed by atoms with Crippen molar-refractivity contribution in [2.24, 2.45) is 28.6 Å². The summed E-state index contributed by atoms with van der Waals surface area (Å²) in [5.41, 5.74) is 0.253. The first-order valence-corrected chi connectivity index (χ1v) is 12.7. The summed E-state index contributed by atoms with van der Waals surface area (Å²) in [6.07, 6.45) is 1.40. The maximum absolute atomic E-state index is 13.5. The Hall–Kier alpha value is -1.24. The van der Waals surface area contributed by atoms with Crippen LogP contribution in [0, 0.1) is 28.6 Å². The molecule has 170 valence electrons. The largest absolute Gasteiger partial charge is 0.392 e. The van der Waals surface area contributed by atoms with E-state index in [0.717, 1.165) is 37.5 Å². The van der Waals surface area contributed by atoms with Crippen LogP contribution in [-0.4, -0.2) is 46.3 Å². The summed E-state index contributed by atoms with van der Waals surface area (Å²) in [5, 5.41) is 23.9. The monoisotopic (exact) mass is 444 g/mol. The van der Waals surface area contributed by atoms with Crippen molar-refractivity contribution in [3.63, 3.8) is 0 Å². The number of fused-ring (bicyclic) bond motifs is 4. The molecule has 1 aromatic heterocycles. The second-order valence-electron chi connectivity index (χ2n) is 11.1. The molecule has 0 aliphatic heterocycles. The summed E-state index contributed by atoms with van der Waals surface area (Å²) < 4.78 is 0. The number of aromatic nitrogens is 1. The number of nitrogens with zero attached hydrogens (tertiary/aromatic N) is 2. The Morgan fingerprint density at radius 2 is 1.84 bits per heavy atom. The Balaban J connectivity index is 1.65. The van der Waals surface area contributed by atoms with Crippen LogP contribution in [0.4, 0.5) is 5.13 Å². The van der Waals surface area contributed by atoms with Gasteiger partial charge in [0.2, 0.25) is 0 Å². The molecule has 4 aliphatic rings. The lowest BCUT2D eigenvalue weighted by Gasteiger charge is -2.64. The molecule has 0 radical (unpaired) electrons. The molecule has 5 nitrogen and oxygen atoms in total. The zero-order chi connectivity index (χ0) is 22.5. The molecule has 0 saturated heterocycles. The van der Waals surface area contributed by atoms with Gasteiger partial charge in [-0.25, -0.2) is 4.98 Å². The quantitative estimate of drug-likeness (QED) is 0.695. The van der Waals surface area contributed by atoms with Crippen LogP contribution in [-0.2, 0) is 16.6 Å². The highest BCUT2D eigenvalue weighted by atomic mass is 32.1. The number of rotatable bonds is 3. The number of hydrogen-bond donors (Lipinski definition) is 2. The zero-order valence-electron chi connectivity index (χ0n) is 19.4. The fourth-order valence-electron chi connectivity index (χ4n) is 8.24. The van der Waals surface area contributed by atoms with Gasteiger partial charge in [-0.3, -0.25) is 4.79 Å². The summed E-state index contributed by atoms with van der Waals surface area (Å²) in [6, 6.07) is 0. The second-order valence-corrected chi connectivity index (χ2v) is 12.2. The molecule has 31 heavy (non-hydrogen) atoms. The number of hydrogen-bond acceptors (Lipinski definition) is 6. The normalized spacial score (nSPS) is 42.7. The maximum atomic E-state index is 13.5. The zero-order valence-corrected chi connectivity index (χ0v) is 20.3. The van der Waals surface area contributed by atoms with Crippen LogP contribution in [0.3, 0.4) is 0 Å². The first-order valence-electron chi connectivity index (χ1n) is 11.9. The second kappa shape index (κ2) is 6.64. The number of anilines is 1. The van der Waals surface area contributed by atoms with Crippen molar-refractivity contribution in [2.45, 2.75) is 77.9 Å². The van der Waals surface area contributed by atoms with Gasteiger partial charge >= 0.3 is 0 Å². The van der Waals surface area contributed by atoms with Gasteiger partial charge in [0.1, 0.15) is 0 Å². The van der Waals surface area contributed by atoms with Crippen molar-refractivity contribution >= 4 is 22.3 Å². The van der Waals surface area contributed by atoms with Gasteiger partial charge in [-0.1, -0.05) is 27.4 Å². The van der Waals surface area contributed by atoms with E-state index in [1.807, 2.05) is 0 Å². The molecule has 0 aromatic carbocycles.